The molecule has 0 saturated carbocycles. The van der Waals surface area contributed by atoms with Crippen LogP contribution in [0.2, 0.25) is 0 Å². The van der Waals surface area contributed by atoms with Crippen LogP contribution in [0.15, 0.2) is 29.2 Å². The number of phenolic OH excluding ortho intramolecular Hbond substituents is 1. The van der Waals surface area contributed by atoms with E-state index in [1.807, 2.05) is 0 Å². The third kappa shape index (κ3) is 3.41. The Labute approximate surface area is 115 Å². The molecule has 1 aliphatic rings. The Balaban J connectivity index is 1.90. The van der Waals surface area contributed by atoms with Crippen molar-refractivity contribution >= 4 is 23.6 Å². The molecule has 1 aromatic rings. The van der Waals surface area contributed by atoms with Crippen LogP contribution < -0.4 is 0 Å². The SMILES string of the molecule is O=C(O)C1CCCN1C(=O)CSc1ccc(O)cc1. The van der Waals surface area contributed by atoms with Crippen LogP contribution in [0.5, 0.6) is 5.75 Å². The predicted octanol–water partition coefficient (Wildman–Crippen LogP) is 1.56. The second-order valence-corrected chi connectivity index (χ2v) is 5.41. The summed E-state index contributed by atoms with van der Waals surface area (Å²) >= 11 is 1.34. The molecule has 0 bridgehead atoms. The molecule has 1 aromatic carbocycles. The number of hydrogen-bond acceptors (Lipinski definition) is 4. The lowest BCUT2D eigenvalue weighted by atomic mass is 10.2. The van der Waals surface area contributed by atoms with Gasteiger partial charge in [-0.3, -0.25) is 4.79 Å². The number of aromatic hydroxyl groups is 1. The number of carbonyl (C=O) groups excluding carboxylic acids is 1. The monoisotopic (exact) mass is 281 g/mol. The van der Waals surface area contributed by atoms with Gasteiger partial charge in [0.15, 0.2) is 0 Å². The molecule has 0 spiro atoms. The van der Waals surface area contributed by atoms with Crippen molar-refractivity contribution in [1.29, 1.82) is 0 Å². The van der Waals surface area contributed by atoms with Crippen LogP contribution in [0.4, 0.5) is 0 Å². The van der Waals surface area contributed by atoms with Crippen LogP contribution in [-0.4, -0.2) is 45.3 Å². The Bertz CT molecular complexity index is 474. The van der Waals surface area contributed by atoms with Crippen LogP contribution in [0, 0.1) is 0 Å². The molecule has 5 nitrogen and oxygen atoms in total. The molecule has 0 aromatic heterocycles. The zero-order chi connectivity index (χ0) is 13.8. The molecule has 1 amide bonds. The number of phenols is 1. The average Bonchev–Trinajstić information content (AvgIpc) is 2.87. The molecule has 2 rings (SSSR count). The first-order chi connectivity index (χ1) is 9.08. The molecule has 2 N–H and O–H groups in total. The molecule has 19 heavy (non-hydrogen) atoms. The molecule has 0 aliphatic carbocycles. The van der Waals surface area contributed by atoms with Gasteiger partial charge in [0.25, 0.3) is 0 Å². The maximum atomic E-state index is 12.0. The van der Waals surface area contributed by atoms with Crippen molar-refractivity contribution in [2.24, 2.45) is 0 Å². The molecule has 1 heterocycles. The van der Waals surface area contributed by atoms with E-state index in [2.05, 4.69) is 0 Å². The highest BCUT2D eigenvalue weighted by molar-refractivity contribution is 8.00. The summed E-state index contributed by atoms with van der Waals surface area (Å²) in [4.78, 5) is 25.3. The molecule has 1 fully saturated rings. The number of hydrogen-bond donors (Lipinski definition) is 2. The summed E-state index contributed by atoms with van der Waals surface area (Å²) in [5, 5.41) is 18.2. The molecule has 1 saturated heterocycles. The number of amides is 1. The maximum Gasteiger partial charge on any atom is 0.326 e. The first kappa shape index (κ1) is 13.7. The van der Waals surface area contributed by atoms with E-state index in [0.29, 0.717) is 13.0 Å². The molecular formula is C13H15NO4S. The lowest BCUT2D eigenvalue weighted by Gasteiger charge is -2.21. The number of likely N-dealkylation sites (tertiary alicyclic amines) is 1. The topological polar surface area (TPSA) is 77.8 Å². The van der Waals surface area contributed by atoms with Gasteiger partial charge in [-0.1, -0.05) is 0 Å². The van der Waals surface area contributed by atoms with E-state index < -0.39 is 12.0 Å². The summed E-state index contributed by atoms with van der Waals surface area (Å²) < 4.78 is 0. The Kier molecular flexibility index (Phi) is 4.31. The molecule has 6 heteroatoms. The summed E-state index contributed by atoms with van der Waals surface area (Å²) in [6, 6.07) is 5.90. The number of carbonyl (C=O) groups is 2. The van der Waals surface area contributed by atoms with E-state index in [1.165, 1.54) is 16.7 Å². The van der Waals surface area contributed by atoms with Gasteiger partial charge in [-0.2, -0.15) is 0 Å². The van der Waals surface area contributed by atoms with Gasteiger partial charge in [-0.15, -0.1) is 11.8 Å². The highest BCUT2D eigenvalue weighted by atomic mass is 32.2. The van der Waals surface area contributed by atoms with Crippen molar-refractivity contribution in [1.82, 2.24) is 4.90 Å². The van der Waals surface area contributed by atoms with E-state index >= 15 is 0 Å². The summed E-state index contributed by atoms with van der Waals surface area (Å²) in [5.41, 5.74) is 0. The van der Waals surface area contributed by atoms with Crippen LogP contribution in [0.1, 0.15) is 12.8 Å². The molecule has 102 valence electrons. The van der Waals surface area contributed by atoms with Gasteiger partial charge in [0, 0.05) is 11.4 Å². The smallest absolute Gasteiger partial charge is 0.326 e. The fraction of sp³-hybridized carbons (Fsp3) is 0.385. The Morgan fingerprint density at radius 3 is 2.63 bits per heavy atom. The van der Waals surface area contributed by atoms with Gasteiger partial charge in [0.1, 0.15) is 11.8 Å². The summed E-state index contributed by atoms with van der Waals surface area (Å²) in [6.07, 6.45) is 1.28. The van der Waals surface area contributed by atoms with Crippen LogP contribution >= 0.6 is 11.8 Å². The van der Waals surface area contributed by atoms with Crippen LogP contribution in [-0.2, 0) is 9.59 Å². The summed E-state index contributed by atoms with van der Waals surface area (Å²) in [5.74, 6) is -0.682. The fourth-order valence-corrected chi connectivity index (χ4v) is 2.88. The van der Waals surface area contributed by atoms with Crippen molar-refractivity contribution in [2.45, 2.75) is 23.8 Å². The zero-order valence-corrected chi connectivity index (χ0v) is 11.1. The van der Waals surface area contributed by atoms with Crippen molar-refractivity contribution in [3.63, 3.8) is 0 Å². The third-order valence-corrected chi connectivity index (χ3v) is 4.05. The van der Waals surface area contributed by atoms with E-state index in [0.717, 1.165) is 11.3 Å². The zero-order valence-electron chi connectivity index (χ0n) is 10.3. The number of nitrogens with zero attached hydrogens (tertiary/aromatic N) is 1. The number of rotatable bonds is 4. The second-order valence-electron chi connectivity index (χ2n) is 4.37. The highest BCUT2D eigenvalue weighted by Crippen LogP contribution is 2.23. The minimum Gasteiger partial charge on any atom is -0.508 e. The first-order valence-corrected chi connectivity index (χ1v) is 7.00. The highest BCUT2D eigenvalue weighted by Gasteiger charge is 2.33. The molecule has 1 atom stereocenters. The Hall–Kier alpha value is -1.69. The van der Waals surface area contributed by atoms with Crippen molar-refractivity contribution in [2.75, 3.05) is 12.3 Å². The van der Waals surface area contributed by atoms with Gasteiger partial charge >= 0.3 is 5.97 Å². The minimum atomic E-state index is -0.930. The summed E-state index contributed by atoms with van der Waals surface area (Å²) in [6.45, 7) is 0.520. The Morgan fingerprint density at radius 1 is 1.32 bits per heavy atom. The summed E-state index contributed by atoms with van der Waals surface area (Å²) in [7, 11) is 0. The van der Waals surface area contributed by atoms with E-state index in [-0.39, 0.29) is 17.4 Å². The Morgan fingerprint density at radius 2 is 2.00 bits per heavy atom. The van der Waals surface area contributed by atoms with Gasteiger partial charge in [-0.05, 0) is 37.1 Å². The molecule has 1 unspecified atom stereocenters. The number of carboxylic acid groups (broad SMARTS) is 1. The van der Waals surface area contributed by atoms with Gasteiger partial charge in [-0.25, -0.2) is 4.79 Å². The minimum absolute atomic E-state index is 0.150. The number of benzene rings is 1. The van der Waals surface area contributed by atoms with E-state index in [1.54, 1.807) is 24.3 Å². The largest absolute Gasteiger partial charge is 0.508 e. The van der Waals surface area contributed by atoms with Gasteiger partial charge in [0.05, 0.1) is 5.75 Å². The third-order valence-electron chi connectivity index (χ3n) is 3.06. The molecular weight excluding hydrogens is 266 g/mol. The maximum absolute atomic E-state index is 12.0. The fourth-order valence-electron chi connectivity index (χ4n) is 2.09. The van der Waals surface area contributed by atoms with Crippen molar-refractivity contribution in [3.8, 4) is 5.75 Å². The lowest BCUT2D eigenvalue weighted by Crippen LogP contribution is -2.41. The quantitative estimate of drug-likeness (QED) is 0.819. The van der Waals surface area contributed by atoms with Crippen molar-refractivity contribution in [3.05, 3.63) is 24.3 Å². The normalized spacial score (nSPS) is 18.5. The average molecular weight is 281 g/mol. The predicted molar refractivity (Wildman–Crippen MR) is 71.2 cm³/mol. The lowest BCUT2D eigenvalue weighted by molar-refractivity contribution is -0.147. The second kappa shape index (κ2) is 5.97. The number of thioether (sulfide) groups is 1. The molecule has 0 radical (unpaired) electrons. The van der Waals surface area contributed by atoms with Gasteiger partial charge < -0.3 is 15.1 Å². The van der Waals surface area contributed by atoms with Crippen LogP contribution in [0.25, 0.3) is 0 Å². The molecule has 1 aliphatic heterocycles. The van der Waals surface area contributed by atoms with E-state index in [4.69, 9.17) is 10.2 Å². The first-order valence-electron chi connectivity index (χ1n) is 6.02. The van der Waals surface area contributed by atoms with Crippen molar-refractivity contribution < 1.29 is 19.8 Å². The van der Waals surface area contributed by atoms with Gasteiger partial charge in [0.2, 0.25) is 5.91 Å². The van der Waals surface area contributed by atoms with Crippen LogP contribution in [0.3, 0.4) is 0 Å². The number of carboxylic acids is 1. The number of aliphatic carboxylic acids is 1. The van der Waals surface area contributed by atoms with E-state index in [9.17, 15) is 9.59 Å². The standard InChI is InChI=1S/C13H15NO4S/c15-9-3-5-10(6-4-9)19-8-12(16)14-7-1-2-11(14)13(17)18/h3-6,11,15H,1-2,7-8H2,(H,17,18).